The van der Waals surface area contributed by atoms with Gasteiger partial charge in [-0.1, -0.05) is 13.8 Å². The van der Waals surface area contributed by atoms with Gasteiger partial charge in [0.2, 0.25) is 0 Å². The molecular weight excluding hydrogens is 380 g/mol. The Morgan fingerprint density at radius 2 is 1.17 bits per heavy atom. The van der Waals surface area contributed by atoms with Gasteiger partial charge in [0.25, 0.3) is 10.0 Å². The highest BCUT2D eigenvalue weighted by Gasteiger charge is 2.82. The topological polar surface area (TPSA) is 91.8 Å². The zero-order valence-corrected chi connectivity index (χ0v) is 13.6. The van der Waals surface area contributed by atoms with Crippen LogP contribution < -0.4 is 0 Å². The maximum absolute atomic E-state index is 13.7. The highest BCUT2D eigenvalue weighted by Crippen LogP contribution is 2.51. The molecule has 0 aromatic carbocycles. The summed E-state index contributed by atoms with van der Waals surface area (Å²) in [4.78, 5) is 0. The van der Waals surface area contributed by atoms with Crippen molar-refractivity contribution in [2.75, 3.05) is 13.1 Å². The standard InChI is InChI=1S/C9H15F6NO5S2/c1-3-5-16(6-4-2)22(17,18)8(12,13)7(10,11)9(14,15)23(19,20)21/h3-6H2,1-2H3,(H,19,20,21). The summed E-state index contributed by atoms with van der Waals surface area (Å²) in [7, 11) is -13.3. The van der Waals surface area contributed by atoms with Crippen LogP contribution >= 0.6 is 0 Å². The zero-order valence-electron chi connectivity index (χ0n) is 11.9. The van der Waals surface area contributed by atoms with Crippen molar-refractivity contribution in [3.05, 3.63) is 0 Å². The Bertz CT molecular complexity index is 612. The van der Waals surface area contributed by atoms with Gasteiger partial charge < -0.3 is 0 Å². The summed E-state index contributed by atoms with van der Waals surface area (Å²) < 4.78 is 132. The Hall–Kier alpha value is -0.600. The Kier molecular flexibility index (Phi) is 6.55. The smallest absolute Gasteiger partial charge is 0.281 e. The van der Waals surface area contributed by atoms with Crippen LogP contribution in [0.4, 0.5) is 26.3 Å². The van der Waals surface area contributed by atoms with Gasteiger partial charge in [-0.2, -0.15) is 39.1 Å². The fourth-order valence-electron chi connectivity index (χ4n) is 1.51. The van der Waals surface area contributed by atoms with Crippen molar-refractivity contribution < 1.29 is 47.7 Å². The van der Waals surface area contributed by atoms with Gasteiger partial charge in [0.15, 0.2) is 0 Å². The molecule has 0 aliphatic heterocycles. The van der Waals surface area contributed by atoms with Crippen LogP contribution in [0.1, 0.15) is 26.7 Å². The molecule has 0 aromatic heterocycles. The summed E-state index contributed by atoms with van der Waals surface area (Å²) in [6.45, 7) is 1.31. The van der Waals surface area contributed by atoms with Crippen molar-refractivity contribution in [2.45, 2.75) is 43.1 Å². The molecule has 0 saturated heterocycles. The van der Waals surface area contributed by atoms with Gasteiger partial charge in [-0.05, 0) is 12.8 Å². The summed E-state index contributed by atoms with van der Waals surface area (Å²) in [5.74, 6) is -6.90. The van der Waals surface area contributed by atoms with Crippen LogP contribution in [0.5, 0.6) is 0 Å². The second-order valence-electron chi connectivity index (χ2n) is 4.49. The van der Waals surface area contributed by atoms with E-state index in [0.29, 0.717) is 0 Å². The molecule has 140 valence electrons. The first-order chi connectivity index (χ1) is 10.0. The largest absolute Gasteiger partial charge is 0.439 e. The average Bonchev–Trinajstić information content (AvgIpc) is 2.36. The molecule has 14 heteroatoms. The molecule has 0 amide bonds. The van der Waals surface area contributed by atoms with E-state index in [0.717, 1.165) is 0 Å². The summed E-state index contributed by atoms with van der Waals surface area (Å²) >= 11 is 0. The first-order valence-electron chi connectivity index (χ1n) is 6.12. The molecule has 0 rings (SSSR count). The summed E-state index contributed by atoms with van der Waals surface area (Å²) in [6, 6.07) is 0. The molecule has 23 heavy (non-hydrogen) atoms. The molecular formula is C9H15F6NO5S2. The number of nitrogens with zero attached hydrogens (tertiary/aromatic N) is 1. The van der Waals surface area contributed by atoms with E-state index in [2.05, 4.69) is 0 Å². The molecule has 0 heterocycles. The highest BCUT2D eigenvalue weighted by molar-refractivity contribution is 7.90. The lowest BCUT2D eigenvalue weighted by atomic mass is 10.3. The number of alkyl halides is 6. The second-order valence-corrected chi connectivity index (χ2v) is 7.93. The second kappa shape index (κ2) is 6.72. The molecule has 6 nitrogen and oxygen atoms in total. The third kappa shape index (κ3) is 3.58. The van der Waals surface area contributed by atoms with Crippen LogP contribution in [0, 0.1) is 0 Å². The Morgan fingerprint density at radius 3 is 1.43 bits per heavy atom. The minimum Gasteiger partial charge on any atom is -0.281 e. The van der Waals surface area contributed by atoms with Gasteiger partial charge in [-0.3, -0.25) is 4.55 Å². The minimum absolute atomic E-state index is 0.0877. The van der Waals surface area contributed by atoms with Crippen molar-refractivity contribution in [1.29, 1.82) is 0 Å². The van der Waals surface area contributed by atoms with Crippen LogP contribution in [0.3, 0.4) is 0 Å². The zero-order chi connectivity index (χ0) is 18.9. The van der Waals surface area contributed by atoms with Crippen LogP contribution in [0.25, 0.3) is 0 Å². The highest BCUT2D eigenvalue weighted by atomic mass is 32.2. The third-order valence-electron chi connectivity index (χ3n) is 2.66. The van der Waals surface area contributed by atoms with E-state index in [1.54, 1.807) is 0 Å². The summed E-state index contributed by atoms with van der Waals surface area (Å²) in [5.41, 5.74) is 0. The Labute approximate surface area is 129 Å². The Balaban J connectivity index is 6.23. The van der Waals surface area contributed by atoms with Crippen molar-refractivity contribution in [1.82, 2.24) is 4.31 Å². The first kappa shape index (κ1) is 22.4. The summed E-state index contributed by atoms with van der Waals surface area (Å²) in [6.07, 6.45) is -0.175. The van der Waals surface area contributed by atoms with E-state index < -0.39 is 49.7 Å². The molecule has 0 aliphatic rings. The molecule has 0 fully saturated rings. The minimum atomic E-state index is -7.00. The van der Waals surface area contributed by atoms with Gasteiger partial charge in [-0.15, -0.1) is 0 Å². The lowest BCUT2D eigenvalue weighted by Gasteiger charge is -2.33. The van der Waals surface area contributed by atoms with Crippen LogP contribution in [-0.4, -0.2) is 55.2 Å². The fourth-order valence-corrected chi connectivity index (χ4v) is 3.65. The van der Waals surface area contributed by atoms with E-state index in [4.69, 9.17) is 4.55 Å². The SMILES string of the molecule is CCCN(CCC)S(=O)(=O)C(F)(F)C(F)(F)C(F)(F)S(=O)(=O)O. The molecule has 0 atom stereocenters. The van der Waals surface area contributed by atoms with Gasteiger partial charge in [0.1, 0.15) is 0 Å². The van der Waals surface area contributed by atoms with Crippen LogP contribution in [0.15, 0.2) is 0 Å². The van der Waals surface area contributed by atoms with Gasteiger partial charge >= 0.3 is 26.5 Å². The van der Waals surface area contributed by atoms with E-state index in [1.807, 2.05) is 0 Å². The van der Waals surface area contributed by atoms with Crippen LogP contribution in [-0.2, 0) is 20.1 Å². The number of halogens is 6. The maximum atomic E-state index is 13.7. The number of hydrogen-bond donors (Lipinski definition) is 1. The summed E-state index contributed by atoms with van der Waals surface area (Å²) in [5, 5.41) is -13.2. The van der Waals surface area contributed by atoms with Crippen molar-refractivity contribution in [3.63, 3.8) is 0 Å². The average molecular weight is 395 g/mol. The van der Waals surface area contributed by atoms with E-state index >= 15 is 0 Å². The third-order valence-corrected chi connectivity index (χ3v) is 5.52. The molecule has 0 radical (unpaired) electrons. The van der Waals surface area contributed by atoms with Crippen LogP contribution in [0.2, 0.25) is 0 Å². The fraction of sp³-hybridized carbons (Fsp3) is 1.00. The molecule has 0 unspecified atom stereocenters. The predicted octanol–water partition coefficient (Wildman–Crippen LogP) is 2.15. The van der Waals surface area contributed by atoms with Crippen molar-refractivity contribution in [3.8, 4) is 0 Å². The number of sulfonamides is 1. The quantitative estimate of drug-likeness (QED) is 0.477. The number of rotatable bonds is 9. The predicted molar refractivity (Wildman–Crippen MR) is 67.5 cm³/mol. The molecule has 1 N–H and O–H groups in total. The van der Waals surface area contributed by atoms with E-state index in [9.17, 15) is 43.2 Å². The normalized spacial score (nSPS) is 15.2. The van der Waals surface area contributed by atoms with Gasteiger partial charge in [0.05, 0.1) is 0 Å². The van der Waals surface area contributed by atoms with Crippen molar-refractivity contribution in [2.24, 2.45) is 0 Å². The molecule has 0 bridgehead atoms. The molecule has 0 aliphatic carbocycles. The van der Waals surface area contributed by atoms with Gasteiger partial charge in [-0.25, -0.2) is 8.42 Å². The van der Waals surface area contributed by atoms with Gasteiger partial charge in [0, 0.05) is 13.1 Å². The lowest BCUT2D eigenvalue weighted by Crippen LogP contribution is -2.63. The maximum Gasteiger partial charge on any atom is 0.439 e. The Morgan fingerprint density at radius 1 is 0.826 bits per heavy atom. The molecule has 0 spiro atoms. The van der Waals surface area contributed by atoms with E-state index in [1.165, 1.54) is 13.8 Å². The molecule has 0 saturated carbocycles. The van der Waals surface area contributed by atoms with Crippen molar-refractivity contribution >= 4 is 20.1 Å². The monoisotopic (exact) mass is 395 g/mol. The lowest BCUT2D eigenvalue weighted by molar-refractivity contribution is -0.246. The number of hydrogen-bond acceptors (Lipinski definition) is 4. The molecule has 0 aromatic rings. The van der Waals surface area contributed by atoms with E-state index in [-0.39, 0.29) is 17.1 Å². The first-order valence-corrected chi connectivity index (χ1v) is 9.00.